The van der Waals surface area contributed by atoms with Gasteiger partial charge >= 0.3 is 6.18 Å². The van der Waals surface area contributed by atoms with Gasteiger partial charge in [-0.25, -0.2) is 9.07 Å². The van der Waals surface area contributed by atoms with Gasteiger partial charge in [0.2, 0.25) is 0 Å². The Bertz CT molecular complexity index is 704. The van der Waals surface area contributed by atoms with Crippen LogP contribution in [0.25, 0.3) is 0 Å². The van der Waals surface area contributed by atoms with Gasteiger partial charge in [-0.05, 0) is 34.5 Å². The lowest BCUT2D eigenvalue weighted by Crippen LogP contribution is -2.28. The van der Waals surface area contributed by atoms with Gasteiger partial charge in [0, 0.05) is 12.6 Å². The van der Waals surface area contributed by atoms with Crippen LogP contribution in [-0.4, -0.2) is 49.0 Å². The zero-order valence-electron chi connectivity index (χ0n) is 12.5. The van der Waals surface area contributed by atoms with Crippen molar-refractivity contribution in [1.82, 2.24) is 25.1 Å². The van der Waals surface area contributed by atoms with Crippen LogP contribution >= 0.6 is 0 Å². The predicted octanol–water partition coefficient (Wildman–Crippen LogP) is 1.68. The third kappa shape index (κ3) is 3.88. The van der Waals surface area contributed by atoms with Crippen LogP contribution in [0.4, 0.5) is 17.6 Å². The van der Waals surface area contributed by atoms with E-state index < -0.39 is 24.6 Å². The summed E-state index contributed by atoms with van der Waals surface area (Å²) in [6, 6.07) is 5.63. The second-order valence-corrected chi connectivity index (χ2v) is 5.76. The van der Waals surface area contributed by atoms with Crippen LogP contribution in [0.15, 0.2) is 24.3 Å². The molecule has 0 spiro atoms. The molecule has 1 aliphatic heterocycles. The summed E-state index contributed by atoms with van der Waals surface area (Å²) in [7, 11) is 0. The molecule has 0 unspecified atom stereocenters. The third-order valence-electron chi connectivity index (χ3n) is 3.89. The van der Waals surface area contributed by atoms with Crippen molar-refractivity contribution in [1.29, 1.82) is 0 Å². The van der Waals surface area contributed by atoms with Crippen LogP contribution in [0, 0.1) is 5.82 Å². The maximum atomic E-state index is 13.4. The normalized spacial score (nSPS) is 22.2. The Morgan fingerprint density at radius 3 is 2.79 bits per heavy atom. The summed E-state index contributed by atoms with van der Waals surface area (Å²) < 4.78 is 51.8. The molecule has 2 heterocycles. The highest BCUT2D eigenvalue weighted by molar-refractivity contribution is 5.21. The number of aliphatic hydroxyl groups is 1. The van der Waals surface area contributed by atoms with Crippen molar-refractivity contribution in [3.63, 3.8) is 0 Å². The number of rotatable bonds is 4. The Morgan fingerprint density at radius 1 is 1.29 bits per heavy atom. The van der Waals surface area contributed by atoms with Crippen LogP contribution in [-0.2, 0) is 13.1 Å². The highest BCUT2D eigenvalue weighted by Gasteiger charge is 2.35. The lowest BCUT2D eigenvalue weighted by atomic mass is 10.0. The predicted molar refractivity (Wildman–Crippen MR) is 74.0 cm³/mol. The van der Waals surface area contributed by atoms with Crippen molar-refractivity contribution >= 4 is 0 Å². The molecule has 1 saturated heterocycles. The molecule has 0 radical (unpaired) electrons. The first kappa shape index (κ1) is 16.8. The number of alkyl halides is 3. The summed E-state index contributed by atoms with van der Waals surface area (Å²) in [5.74, 6) is -0.362. The summed E-state index contributed by atoms with van der Waals surface area (Å²) in [6.07, 6.45) is -4.72. The zero-order chi connectivity index (χ0) is 17.3. The van der Waals surface area contributed by atoms with E-state index in [1.54, 1.807) is 17.0 Å². The van der Waals surface area contributed by atoms with E-state index in [2.05, 4.69) is 15.5 Å². The number of β-amino-alcohol motifs (C(OH)–C–C–N with tert-alkyl or cyclic N) is 1. The second-order valence-electron chi connectivity index (χ2n) is 5.76. The second kappa shape index (κ2) is 6.44. The van der Waals surface area contributed by atoms with Gasteiger partial charge in [-0.1, -0.05) is 12.1 Å². The van der Waals surface area contributed by atoms with Gasteiger partial charge in [-0.15, -0.1) is 5.10 Å². The molecular weight excluding hydrogens is 330 g/mol. The number of benzene rings is 1. The quantitative estimate of drug-likeness (QED) is 0.854. The fourth-order valence-electron chi connectivity index (χ4n) is 2.93. The Balaban J connectivity index is 1.80. The van der Waals surface area contributed by atoms with Crippen LogP contribution in [0.3, 0.4) is 0 Å². The maximum Gasteiger partial charge on any atom is 0.408 e. The van der Waals surface area contributed by atoms with Crippen molar-refractivity contribution < 1.29 is 22.7 Å². The highest BCUT2D eigenvalue weighted by Crippen LogP contribution is 2.33. The lowest BCUT2D eigenvalue weighted by molar-refractivity contribution is -0.143. The van der Waals surface area contributed by atoms with Crippen molar-refractivity contribution in [2.24, 2.45) is 0 Å². The highest BCUT2D eigenvalue weighted by atomic mass is 19.4. The number of likely N-dealkylation sites (tertiary alicyclic amines) is 1. The number of nitrogens with zero attached hydrogens (tertiary/aromatic N) is 5. The number of tetrazole rings is 1. The van der Waals surface area contributed by atoms with E-state index in [0.29, 0.717) is 16.7 Å². The molecule has 10 heteroatoms. The Kier molecular flexibility index (Phi) is 4.50. The molecule has 1 aromatic heterocycles. The monoisotopic (exact) mass is 345 g/mol. The lowest BCUT2D eigenvalue weighted by Gasteiger charge is -2.24. The molecule has 0 aliphatic carbocycles. The van der Waals surface area contributed by atoms with Crippen molar-refractivity contribution in [3.05, 3.63) is 41.5 Å². The molecule has 24 heavy (non-hydrogen) atoms. The summed E-state index contributed by atoms with van der Waals surface area (Å²) in [5, 5.41) is 20.2. The zero-order valence-corrected chi connectivity index (χ0v) is 12.5. The van der Waals surface area contributed by atoms with Crippen molar-refractivity contribution in [2.45, 2.75) is 37.8 Å². The molecule has 1 fully saturated rings. The van der Waals surface area contributed by atoms with E-state index in [9.17, 15) is 22.7 Å². The third-order valence-corrected chi connectivity index (χ3v) is 3.89. The minimum absolute atomic E-state index is 0.0291. The van der Waals surface area contributed by atoms with E-state index in [1.807, 2.05) is 0 Å². The van der Waals surface area contributed by atoms with Crippen LogP contribution in [0.1, 0.15) is 23.9 Å². The fourth-order valence-corrected chi connectivity index (χ4v) is 2.93. The summed E-state index contributed by atoms with van der Waals surface area (Å²) >= 11 is 0. The van der Waals surface area contributed by atoms with Gasteiger partial charge in [0.15, 0.2) is 5.82 Å². The summed E-state index contributed by atoms with van der Waals surface area (Å²) in [6.45, 7) is -1.00. The molecule has 0 bridgehead atoms. The first-order valence-electron chi connectivity index (χ1n) is 7.31. The first-order valence-corrected chi connectivity index (χ1v) is 7.31. The number of aromatic nitrogens is 4. The smallest absolute Gasteiger partial charge is 0.392 e. The molecule has 0 saturated carbocycles. The molecule has 2 atom stereocenters. The van der Waals surface area contributed by atoms with Crippen LogP contribution < -0.4 is 0 Å². The number of aliphatic hydroxyl groups excluding tert-OH is 1. The molecule has 130 valence electrons. The largest absolute Gasteiger partial charge is 0.408 e. The number of hydrogen-bond acceptors (Lipinski definition) is 5. The standard InChI is InChI=1S/C14H15F4N5O/c15-10-3-1-2-9(4-10)12-5-11(24)6-22(12)7-13-19-20-21-23(13)8-14(16,17)18/h1-4,11-12,24H,5-8H2/t11-,12+/m0/s1. The van der Waals surface area contributed by atoms with Gasteiger partial charge in [0.25, 0.3) is 0 Å². The van der Waals surface area contributed by atoms with Crippen LogP contribution in [0.5, 0.6) is 0 Å². The Hall–Kier alpha value is -2.07. The van der Waals surface area contributed by atoms with Gasteiger partial charge in [-0.2, -0.15) is 13.2 Å². The number of hydrogen-bond donors (Lipinski definition) is 1. The average molecular weight is 345 g/mol. The summed E-state index contributed by atoms with van der Waals surface area (Å²) in [4.78, 5) is 1.75. The van der Waals surface area contributed by atoms with E-state index in [0.717, 1.165) is 0 Å². The topological polar surface area (TPSA) is 67.1 Å². The molecule has 3 rings (SSSR count). The molecule has 2 aromatic rings. The number of halogens is 4. The minimum Gasteiger partial charge on any atom is -0.392 e. The Labute approximate surface area is 134 Å². The Morgan fingerprint density at radius 2 is 2.08 bits per heavy atom. The van der Waals surface area contributed by atoms with E-state index in [1.165, 1.54) is 12.1 Å². The van der Waals surface area contributed by atoms with Crippen LogP contribution in [0.2, 0.25) is 0 Å². The summed E-state index contributed by atoms with van der Waals surface area (Å²) in [5.41, 5.74) is 0.654. The van der Waals surface area contributed by atoms with E-state index >= 15 is 0 Å². The van der Waals surface area contributed by atoms with Gasteiger partial charge in [-0.3, -0.25) is 4.90 Å². The van der Waals surface area contributed by atoms with Gasteiger partial charge in [0.05, 0.1) is 12.6 Å². The minimum atomic E-state index is -4.43. The van der Waals surface area contributed by atoms with Gasteiger partial charge in [0.1, 0.15) is 12.4 Å². The van der Waals surface area contributed by atoms with E-state index in [-0.39, 0.29) is 25.0 Å². The van der Waals surface area contributed by atoms with E-state index in [4.69, 9.17) is 0 Å². The first-order chi connectivity index (χ1) is 11.3. The van der Waals surface area contributed by atoms with Gasteiger partial charge < -0.3 is 5.11 Å². The molecule has 1 N–H and O–H groups in total. The molecule has 6 nitrogen and oxygen atoms in total. The van der Waals surface area contributed by atoms with Crippen molar-refractivity contribution in [3.8, 4) is 0 Å². The maximum absolute atomic E-state index is 13.4. The SMILES string of the molecule is O[C@H]1C[C@H](c2cccc(F)c2)N(Cc2nnnn2CC(F)(F)F)C1. The molecule has 0 amide bonds. The molecule has 1 aromatic carbocycles. The molecular formula is C14H15F4N5O. The van der Waals surface area contributed by atoms with Crippen molar-refractivity contribution in [2.75, 3.05) is 6.54 Å². The fraction of sp³-hybridized carbons (Fsp3) is 0.500. The molecule has 1 aliphatic rings. The average Bonchev–Trinajstić information content (AvgIpc) is 3.05.